The Morgan fingerprint density at radius 2 is 2.00 bits per heavy atom. The fourth-order valence-electron chi connectivity index (χ4n) is 2.28. The van der Waals surface area contributed by atoms with Gasteiger partial charge in [-0.15, -0.1) is 0 Å². The maximum atomic E-state index is 12.4. The summed E-state index contributed by atoms with van der Waals surface area (Å²) in [5.74, 6) is -2.18. The molecule has 0 aromatic heterocycles. The lowest BCUT2D eigenvalue weighted by molar-refractivity contribution is -0.112. The first-order valence-corrected chi connectivity index (χ1v) is 9.24. The Morgan fingerprint density at radius 1 is 1.28 bits per heavy atom. The zero-order valence-corrected chi connectivity index (χ0v) is 16.3. The molecule has 1 N–H and O–H groups in total. The number of rotatable bonds is 9. The number of halogens is 2. The van der Waals surface area contributed by atoms with Crippen LogP contribution in [0, 0.1) is 11.3 Å². The summed E-state index contributed by atoms with van der Waals surface area (Å²) in [4.78, 5) is 12.8. The largest absolute Gasteiger partial charge is 0.493 e. The van der Waals surface area contributed by atoms with E-state index in [-0.39, 0.29) is 5.57 Å². The summed E-state index contributed by atoms with van der Waals surface area (Å²) in [5, 5.41) is 11.9. The van der Waals surface area contributed by atoms with Crippen molar-refractivity contribution in [3.05, 3.63) is 66.3 Å². The molecule has 2 rings (SSSR count). The number of methoxy groups -OCH3 is 1. The van der Waals surface area contributed by atoms with E-state index in [0.29, 0.717) is 46.0 Å². The van der Waals surface area contributed by atoms with Gasteiger partial charge in [0.05, 0.1) is 7.11 Å². The van der Waals surface area contributed by atoms with Gasteiger partial charge in [0.15, 0.2) is 11.5 Å². The molecule has 0 unspecified atom stereocenters. The number of carbonyl (C=O) groups is 1. The standard InChI is InChI=1S/C21H18F2N2O3S/c1-3-10-28-18-9-4-14(12-19(18)27-2)11-15(13-24)20(26)25-16-5-7-17(8-6-16)29-21(22)23/h3-9,11-12,21H,1,10H2,2H3,(H,25,26)/b15-11+. The minimum absolute atomic E-state index is 0.127. The second-order valence-corrected chi connectivity index (χ2v) is 6.60. The minimum Gasteiger partial charge on any atom is -0.493 e. The molecule has 29 heavy (non-hydrogen) atoms. The number of carbonyl (C=O) groups excluding carboxylic acids is 1. The second-order valence-electron chi connectivity index (χ2n) is 5.54. The molecule has 0 fully saturated rings. The first kappa shape index (κ1) is 22.0. The molecule has 8 heteroatoms. The number of hydrogen-bond donors (Lipinski definition) is 1. The Kier molecular flexibility index (Phi) is 8.25. The summed E-state index contributed by atoms with van der Waals surface area (Å²) in [5.41, 5.74) is 0.835. The molecule has 1 amide bonds. The van der Waals surface area contributed by atoms with Crippen LogP contribution in [0.1, 0.15) is 5.56 Å². The number of thioether (sulfide) groups is 1. The van der Waals surface area contributed by atoms with Gasteiger partial charge in [-0.3, -0.25) is 4.79 Å². The molecule has 0 saturated heterocycles. The van der Waals surface area contributed by atoms with E-state index in [1.165, 1.54) is 37.5 Å². The van der Waals surface area contributed by atoms with Crippen LogP contribution in [0.2, 0.25) is 0 Å². The van der Waals surface area contributed by atoms with Gasteiger partial charge >= 0.3 is 0 Å². The summed E-state index contributed by atoms with van der Waals surface area (Å²) in [6.45, 7) is 3.89. The molecule has 0 aliphatic rings. The Morgan fingerprint density at radius 3 is 2.59 bits per heavy atom. The van der Waals surface area contributed by atoms with E-state index in [1.54, 1.807) is 24.3 Å². The van der Waals surface area contributed by atoms with Crippen LogP contribution in [0.4, 0.5) is 14.5 Å². The third kappa shape index (κ3) is 6.66. The highest BCUT2D eigenvalue weighted by Crippen LogP contribution is 2.29. The van der Waals surface area contributed by atoms with Gasteiger partial charge in [0, 0.05) is 10.6 Å². The molecule has 0 saturated carbocycles. The maximum absolute atomic E-state index is 12.4. The topological polar surface area (TPSA) is 71.3 Å². The summed E-state index contributed by atoms with van der Waals surface area (Å²) < 4.78 is 35.4. The van der Waals surface area contributed by atoms with Crippen molar-refractivity contribution in [3.63, 3.8) is 0 Å². The molecule has 0 radical (unpaired) electrons. The van der Waals surface area contributed by atoms with Crippen LogP contribution in [0.25, 0.3) is 6.08 Å². The van der Waals surface area contributed by atoms with Gasteiger partial charge in [0.25, 0.3) is 11.7 Å². The van der Waals surface area contributed by atoms with Crippen molar-refractivity contribution in [3.8, 4) is 17.6 Å². The fourth-order valence-corrected chi connectivity index (χ4v) is 2.77. The van der Waals surface area contributed by atoms with Crippen molar-refractivity contribution >= 4 is 29.4 Å². The van der Waals surface area contributed by atoms with Crippen LogP contribution in [0.3, 0.4) is 0 Å². The molecule has 0 aliphatic heterocycles. The summed E-state index contributed by atoms with van der Waals surface area (Å²) >= 11 is 0.411. The van der Waals surface area contributed by atoms with Crippen molar-refractivity contribution < 1.29 is 23.0 Å². The van der Waals surface area contributed by atoms with Crippen molar-refractivity contribution in [1.29, 1.82) is 5.26 Å². The van der Waals surface area contributed by atoms with Gasteiger partial charge < -0.3 is 14.8 Å². The van der Waals surface area contributed by atoms with E-state index in [9.17, 15) is 18.8 Å². The van der Waals surface area contributed by atoms with Crippen LogP contribution in [0.15, 0.2) is 65.6 Å². The maximum Gasteiger partial charge on any atom is 0.288 e. The zero-order chi connectivity index (χ0) is 21.2. The first-order chi connectivity index (χ1) is 14.0. The van der Waals surface area contributed by atoms with E-state index < -0.39 is 11.7 Å². The number of nitriles is 1. The fraction of sp³-hybridized carbons (Fsp3) is 0.143. The number of hydrogen-bond acceptors (Lipinski definition) is 5. The lowest BCUT2D eigenvalue weighted by atomic mass is 10.1. The number of ether oxygens (including phenoxy) is 2. The Bertz CT molecular complexity index is 938. The number of anilines is 1. The van der Waals surface area contributed by atoms with Crippen LogP contribution >= 0.6 is 11.8 Å². The molecule has 0 aliphatic carbocycles. The number of benzene rings is 2. The second kappa shape index (κ2) is 10.9. The predicted molar refractivity (Wildman–Crippen MR) is 109 cm³/mol. The van der Waals surface area contributed by atoms with E-state index in [2.05, 4.69) is 11.9 Å². The highest BCUT2D eigenvalue weighted by Gasteiger charge is 2.12. The van der Waals surface area contributed by atoms with E-state index in [1.807, 2.05) is 6.07 Å². The quantitative estimate of drug-likeness (QED) is 0.266. The molecule has 2 aromatic carbocycles. The van der Waals surface area contributed by atoms with E-state index in [0.717, 1.165) is 0 Å². The molecule has 5 nitrogen and oxygen atoms in total. The van der Waals surface area contributed by atoms with Gasteiger partial charge in [-0.25, -0.2) is 0 Å². The number of nitrogens with zero attached hydrogens (tertiary/aromatic N) is 1. The van der Waals surface area contributed by atoms with Gasteiger partial charge in [-0.2, -0.15) is 14.0 Å². The number of alkyl halides is 2. The first-order valence-electron chi connectivity index (χ1n) is 8.36. The van der Waals surface area contributed by atoms with Crippen molar-refractivity contribution in [1.82, 2.24) is 0 Å². The van der Waals surface area contributed by atoms with Gasteiger partial charge in [0.1, 0.15) is 18.2 Å². The van der Waals surface area contributed by atoms with Gasteiger partial charge in [-0.1, -0.05) is 30.5 Å². The minimum atomic E-state index is -2.52. The van der Waals surface area contributed by atoms with Gasteiger partial charge in [-0.05, 0) is 48.0 Å². The normalized spacial score (nSPS) is 10.9. The van der Waals surface area contributed by atoms with Crippen LogP contribution in [0.5, 0.6) is 11.5 Å². The molecule has 150 valence electrons. The number of nitrogens with one attached hydrogen (secondary N) is 1. The smallest absolute Gasteiger partial charge is 0.288 e. The van der Waals surface area contributed by atoms with Gasteiger partial charge in [0.2, 0.25) is 0 Å². The van der Waals surface area contributed by atoms with Crippen LogP contribution in [-0.4, -0.2) is 25.4 Å². The third-order valence-corrected chi connectivity index (χ3v) is 4.28. The molecule has 0 heterocycles. The SMILES string of the molecule is C=CCOc1ccc(/C=C(\C#N)C(=O)Nc2ccc(SC(F)F)cc2)cc1OC. The zero-order valence-electron chi connectivity index (χ0n) is 15.5. The van der Waals surface area contributed by atoms with E-state index in [4.69, 9.17) is 9.47 Å². The highest BCUT2D eigenvalue weighted by atomic mass is 32.2. The third-order valence-electron chi connectivity index (χ3n) is 3.56. The lowest BCUT2D eigenvalue weighted by Gasteiger charge is -2.10. The van der Waals surface area contributed by atoms with E-state index >= 15 is 0 Å². The monoisotopic (exact) mass is 416 g/mol. The summed E-state index contributed by atoms with van der Waals surface area (Å²) in [6.07, 6.45) is 3.01. The average molecular weight is 416 g/mol. The molecular formula is C21H18F2N2O3S. The average Bonchev–Trinajstić information content (AvgIpc) is 2.71. The molecule has 0 spiro atoms. The number of amides is 1. The molecular weight excluding hydrogens is 398 g/mol. The molecule has 0 bridgehead atoms. The van der Waals surface area contributed by atoms with Crippen LogP contribution in [-0.2, 0) is 4.79 Å². The Balaban J connectivity index is 2.15. The molecule has 0 atom stereocenters. The van der Waals surface area contributed by atoms with Crippen LogP contribution < -0.4 is 14.8 Å². The predicted octanol–water partition coefficient (Wildman–Crippen LogP) is 5.12. The van der Waals surface area contributed by atoms with Crippen molar-refractivity contribution in [2.45, 2.75) is 10.7 Å². The summed E-state index contributed by atoms with van der Waals surface area (Å²) in [7, 11) is 1.48. The summed E-state index contributed by atoms with van der Waals surface area (Å²) in [6, 6.07) is 12.8. The highest BCUT2D eigenvalue weighted by molar-refractivity contribution is 7.99. The van der Waals surface area contributed by atoms with Crippen molar-refractivity contribution in [2.24, 2.45) is 0 Å². The molecule has 2 aromatic rings. The van der Waals surface area contributed by atoms with Crippen molar-refractivity contribution in [2.75, 3.05) is 19.0 Å². The lowest BCUT2D eigenvalue weighted by Crippen LogP contribution is -2.13. The Hall–Kier alpha value is -3.31. The Labute approximate surface area is 171 Å².